The van der Waals surface area contributed by atoms with Gasteiger partial charge in [0.25, 0.3) is 0 Å². The van der Waals surface area contributed by atoms with Crippen molar-refractivity contribution in [2.24, 2.45) is 0 Å². The number of nitrogens with zero attached hydrogens (tertiary/aromatic N) is 2. The van der Waals surface area contributed by atoms with Gasteiger partial charge in [0.15, 0.2) is 0 Å². The topological polar surface area (TPSA) is 18.5 Å². The molecule has 0 spiro atoms. The van der Waals surface area contributed by atoms with E-state index in [9.17, 15) is 4.39 Å². The van der Waals surface area contributed by atoms with E-state index in [0.717, 1.165) is 38.2 Å². The van der Waals surface area contributed by atoms with E-state index in [1.54, 1.807) is 12.1 Å². The van der Waals surface area contributed by atoms with Gasteiger partial charge in [0, 0.05) is 12.6 Å². The second-order valence-corrected chi connectivity index (χ2v) is 8.40. The van der Waals surface area contributed by atoms with E-state index < -0.39 is 0 Å². The molecule has 2 aromatic rings. The predicted octanol–water partition coefficient (Wildman–Crippen LogP) is 4.60. The fourth-order valence-corrected chi connectivity index (χ4v) is 5.25. The summed E-state index contributed by atoms with van der Waals surface area (Å²) in [6.45, 7) is 5.58. The molecule has 0 bridgehead atoms. The number of anilines is 2. The van der Waals surface area contributed by atoms with Gasteiger partial charge in [-0.25, -0.2) is 4.39 Å². The Morgan fingerprint density at radius 3 is 2.63 bits per heavy atom. The van der Waals surface area contributed by atoms with Crippen LogP contribution in [0.3, 0.4) is 0 Å². The van der Waals surface area contributed by atoms with Crippen molar-refractivity contribution in [1.29, 1.82) is 0 Å². The Kier molecular flexibility index (Phi) is 4.31. The van der Waals surface area contributed by atoms with Gasteiger partial charge in [-0.2, -0.15) is 0 Å². The van der Waals surface area contributed by atoms with Crippen molar-refractivity contribution in [1.82, 2.24) is 4.90 Å². The van der Waals surface area contributed by atoms with E-state index in [1.807, 2.05) is 0 Å². The molecule has 1 saturated heterocycles. The van der Waals surface area contributed by atoms with Gasteiger partial charge >= 0.3 is 0 Å². The van der Waals surface area contributed by atoms with Gasteiger partial charge < -0.3 is 10.2 Å². The summed E-state index contributed by atoms with van der Waals surface area (Å²) < 4.78 is 14.0. The van der Waals surface area contributed by atoms with Crippen LogP contribution in [-0.2, 0) is 6.42 Å². The molecule has 4 heteroatoms. The van der Waals surface area contributed by atoms with E-state index in [0.29, 0.717) is 12.0 Å². The SMILES string of the molecule is CC1CCc2cc(F)cc3c2N1C(CN1CCC(c2ccccc2)CC1)N3. The van der Waals surface area contributed by atoms with Gasteiger partial charge in [-0.15, -0.1) is 0 Å². The van der Waals surface area contributed by atoms with E-state index in [4.69, 9.17) is 0 Å². The smallest absolute Gasteiger partial charge is 0.125 e. The summed E-state index contributed by atoms with van der Waals surface area (Å²) in [4.78, 5) is 5.09. The Balaban J connectivity index is 1.28. The van der Waals surface area contributed by atoms with Crippen LogP contribution in [0.5, 0.6) is 0 Å². The summed E-state index contributed by atoms with van der Waals surface area (Å²) >= 11 is 0. The average molecular weight is 365 g/mol. The second-order valence-electron chi connectivity index (χ2n) is 8.40. The molecule has 0 radical (unpaired) electrons. The molecule has 2 unspecified atom stereocenters. The molecule has 27 heavy (non-hydrogen) atoms. The lowest BCUT2D eigenvalue weighted by molar-refractivity contribution is 0.202. The number of rotatable bonds is 3. The number of aryl methyl sites for hydroxylation is 1. The van der Waals surface area contributed by atoms with Crippen LogP contribution in [0.25, 0.3) is 0 Å². The van der Waals surface area contributed by atoms with Crippen LogP contribution in [0.1, 0.15) is 43.2 Å². The zero-order chi connectivity index (χ0) is 18.4. The van der Waals surface area contributed by atoms with Crippen LogP contribution in [0.2, 0.25) is 0 Å². The fourth-order valence-electron chi connectivity index (χ4n) is 5.25. The number of nitrogens with one attached hydrogen (secondary N) is 1. The summed E-state index contributed by atoms with van der Waals surface area (Å²) in [6.07, 6.45) is 4.78. The molecule has 1 fully saturated rings. The maximum atomic E-state index is 14.0. The van der Waals surface area contributed by atoms with Crippen LogP contribution < -0.4 is 10.2 Å². The van der Waals surface area contributed by atoms with Crippen LogP contribution >= 0.6 is 0 Å². The lowest BCUT2D eigenvalue weighted by Crippen LogP contribution is -2.51. The van der Waals surface area contributed by atoms with Gasteiger partial charge in [-0.1, -0.05) is 30.3 Å². The second kappa shape index (κ2) is 6.83. The molecule has 5 rings (SSSR count). The first kappa shape index (κ1) is 17.1. The number of hydrogen-bond acceptors (Lipinski definition) is 3. The van der Waals surface area contributed by atoms with E-state index in [-0.39, 0.29) is 12.0 Å². The molecule has 3 aliphatic rings. The quantitative estimate of drug-likeness (QED) is 0.858. The van der Waals surface area contributed by atoms with Gasteiger partial charge in [0.1, 0.15) is 12.0 Å². The number of halogens is 1. The molecule has 0 aromatic heterocycles. The van der Waals surface area contributed by atoms with E-state index >= 15 is 0 Å². The van der Waals surface area contributed by atoms with Gasteiger partial charge in [0.2, 0.25) is 0 Å². The Morgan fingerprint density at radius 2 is 1.85 bits per heavy atom. The molecule has 3 heterocycles. The normalized spacial score (nSPS) is 25.3. The van der Waals surface area contributed by atoms with Crippen LogP contribution in [0.4, 0.5) is 15.8 Å². The fraction of sp³-hybridized carbons (Fsp3) is 0.478. The summed E-state index contributed by atoms with van der Waals surface area (Å²) in [7, 11) is 0. The third-order valence-corrected chi connectivity index (χ3v) is 6.67. The highest BCUT2D eigenvalue weighted by Crippen LogP contribution is 2.44. The highest BCUT2D eigenvalue weighted by molar-refractivity contribution is 5.80. The molecular weight excluding hydrogens is 337 g/mol. The van der Waals surface area contributed by atoms with Crippen LogP contribution in [0, 0.1) is 5.82 Å². The standard InChI is InChI=1S/C23H28FN3/c1-16-7-8-19-13-20(24)14-21-23(19)27(16)22(25-21)15-26-11-9-18(10-12-26)17-5-3-2-4-6-17/h2-6,13-14,16,18,22,25H,7-12,15H2,1H3. The molecule has 0 saturated carbocycles. The Morgan fingerprint density at radius 1 is 1.07 bits per heavy atom. The largest absolute Gasteiger partial charge is 0.362 e. The molecule has 0 amide bonds. The third kappa shape index (κ3) is 3.10. The Bertz CT molecular complexity index is 814. The first-order chi connectivity index (χ1) is 13.2. The van der Waals surface area contributed by atoms with Crippen molar-refractivity contribution in [3.05, 3.63) is 59.4 Å². The van der Waals surface area contributed by atoms with Crippen molar-refractivity contribution in [3.8, 4) is 0 Å². The maximum Gasteiger partial charge on any atom is 0.125 e. The van der Waals surface area contributed by atoms with Gasteiger partial charge in [0.05, 0.1) is 11.4 Å². The highest BCUT2D eigenvalue weighted by atomic mass is 19.1. The minimum atomic E-state index is -0.116. The zero-order valence-electron chi connectivity index (χ0n) is 16.0. The van der Waals surface area contributed by atoms with Gasteiger partial charge in [-0.05, 0) is 74.9 Å². The third-order valence-electron chi connectivity index (χ3n) is 6.67. The number of benzene rings is 2. The first-order valence-corrected chi connectivity index (χ1v) is 10.3. The van der Waals surface area contributed by atoms with Gasteiger partial charge in [-0.3, -0.25) is 4.90 Å². The molecule has 0 aliphatic carbocycles. The minimum Gasteiger partial charge on any atom is -0.362 e. The molecule has 3 aliphatic heterocycles. The van der Waals surface area contributed by atoms with E-state index in [1.165, 1.54) is 29.7 Å². The first-order valence-electron chi connectivity index (χ1n) is 10.3. The van der Waals surface area contributed by atoms with Crippen molar-refractivity contribution in [3.63, 3.8) is 0 Å². The molecule has 2 aromatic carbocycles. The van der Waals surface area contributed by atoms with Crippen LogP contribution in [0.15, 0.2) is 42.5 Å². The van der Waals surface area contributed by atoms with E-state index in [2.05, 4.69) is 52.4 Å². The lowest BCUT2D eigenvalue weighted by atomic mass is 9.89. The summed E-state index contributed by atoms with van der Waals surface area (Å²) in [5.41, 5.74) is 4.88. The molecule has 2 atom stereocenters. The number of piperidine rings is 1. The molecular formula is C23H28FN3. The Hall–Kier alpha value is -2.07. The average Bonchev–Trinajstić information content (AvgIpc) is 3.05. The van der Waals surface area contributed by atoms with Crippen molar-refractivity contribution < 1.29 is 4.39 Å². The van der Waals surface area contributed by atoms with Crippen LogP contribution in [-0.4, -0.2) is 36.7 Å². The minimum absolute atomic E-state index is 0.116. The number of likely N-dealkylation sites (tertiary alicyclic amines) is 1. The lowest BCUT2D eigenvalue weighted by Gasteiger charge is -2.40. The predicted molar refractivity (Wildman–Crippen MR) is 109 cm³/mol. The summed E-state index contributed by atoms with van der Waals surface area (Å²) in [5.74, 6) is 0.570. The molecule has 3 nitrogen and oxygen atoms in total. The summed E-state index contributed by atoms with van der Waals surface area (Å²) in [6, 6.07) is 14.8. The zero-order valence-corrected chi connectivity index (χ0v) is 16.0. The van der Waals surface area contributed by atoms with Crippen molar-refractivity contribution >= 4 is 11.4 Å². The number of hydrogen-bond donors (Lipinski definition) is 1. The monoisotopic (exact) mass is 365 g/mol. The molecule has 142 valence electrons. The molecule has 1 N–H and O–H groups in total. The maximum absolute atomic E-state index is 14.0. The van der Waals surface area contributed by atoms with Crippen molar-refractivity contribution in [2.75, 3.05) is 29.9 Å². The summed E-state index contributed by atoms with van der Waals surface area (Å²) in [5, 5.41) is 3.62. The highest BCUT2D eigenvalue weighted by Gasteiger charge is 2.38. The Labute approximate surface area is 161 Å². The van der Waals surface area contributed by atoms with Crippen molar-refractivity contribution in [2.45, 2.75) is 50.7 Å².